The molecule has 0 amide bonds. The lowest BCUT2D eigenvalue weighted by atomic mass is 9.80. The van der Waals surface area contributed by atoms with Crippen LogP contribution >= 0.6 is 0 Å². The third-order valence-corrected chi connectivity index (χ3v) is 15.4. The van der Waals surface area contributed by atoms with Crippen LogP contribution in [0.3, 0.4) is 0 Å². The number of benzene rings is 9. The van der Waals surface area contributed by atoms with Gasteiger partial charge in [0.15, 0.2) is 11.4 Å². The lowest BCUT2D eigenvalue weighted by Crippen LogP contribution is -2.15. The van der Waals surface area contributed by atoms with Crippen molar-refractivity contribution in [3.05, 3.63) is 227 Å². The smallest absolute Gasteiger partial charge is 0.310 e. The van der Waals surface area contributed by atoms with E-state index in [1.807, 2.05) is 36.4 Å². The third-order valence-electron chi connectivity index (χ3n) is 15.4. The fraction of sp³-hybridized carbons (Fsp3) is 0.111. The van der Waals surface area contributed by atoms with Crippen LogP contribution in [0.1, 0.15) is 55.5 Å². The van der Waals surface area contributed by atoms with E-state index in [-0.39, 0.29) is 16.5 Å². The Hall–Kier alpha value is -8.65. The van der Waals surface area contributed by atoms with Gasteiger partial charge in [0.25, 0.3) is 0 Å². The van der Waals surface area contributed by atoms with Gasteiger partial charge in [-0.05, 0) is 110 Å². The first-order chi connectivity index (χ1) is 33.8. The van der Waals surface area contributed by atoms with E-state index < -0.39 is 11.7 Å². The van der Waals surface area contributed by atoms with Gasteiger partial charge >= 0.3 is 6.18 Å². The maximum absolute atomic E-state index is 14.1. The van der Waals surface area contributed by atoms with Gasteiger partial charge < -0.3 is 9.13 Å². The van der Waals surface area contributed by atoms with Crippen LogP contribution in [0.2, 0.25) is 0 Å². The SMILES string of the molecule is [C-]#[N+]c1cc(C(F)(F)F)ccc1-c1ccc(-n2c3ccccc3c3c4c(ccc32)-c2ccccc2C4(C)C)c(-c2c([N+]#[C-])cccc2-n2c3ccccc3c3c4c(ccc32)-c2ccccc2C4(C)C)c1. The summed E-state index contributed by atoms with van der Waals surface area (Å²) in [5, 5.41) is 4.46. The topological polar surface area (TPSA) is 18.6 Å². The van der Waals surface area contributed by atoms with Crippen molar-refractivity contribution in [2.24, 2.45) is 0 Å². The number of halogens is 3. The van der Waals surface area contributed by atoms with Crippen LogP contribution in [0.15, 0.2) is 176 Å². The monoisotopic (exact) mass is 910 g/mol. The van der Waals surface area contributed by atoms with Crippen molar-refractivity contribution in [2.75, 3.05) is 0 Å². The minimum atomic E-state index is -4.62. The highest BCUT2D eigenvalue weighted by atomic mass is 19.4. The number of rotatable bonds is 4. The predicted molar refractivity (Wildman–Crippen MR) is 279 cm³/mol. The van der Waals surface area contributed by atoms with Crippen molar-refractivity contribution in [1.82, 2.24) is 9.13 Å². The van der Waals surface area contributed by atoms with Gasteiger partial charge in [-0.25, -0.2) is 9.69 Å². The molecule has 334 valence electrons. The first-order valence-corrected chi connectivity index (χ1v) is 23.4. The molecule has 2 aromatic heterocycles. The van der Waals surface area contributed by atoms with Crippen molar-refractivity contribution in [1.29, 1.82) is 0 Å². The summed E-state index contributed by atoms with van der Waals surface area (Å²) in [6.07, 6.45) is -4.62. The fourth-order valence-electron chi connectivity index (χ4n) is 12.4. The molecule has 11 aromatic rings. The number of hydrogen-bond donors (Lipinski definition) is 0. The second kappa shape index (κ2) is 14.4. The van der Waals surface area contributed by atoms with Crippen LogP contribution in [0.4, 0.5) is 24.5 Å². The molecule has 0 fully saturated rings. The normalized spacial score (nSPS) is 14.1. The molecule has 0 atom stereocenters. The summed E-state index contributed by atoms with van der Waals surface area (Å²) in [5.74, 6) is 0. The number of alkyl halides is 3. The van der Waals surface area contributed by atoms with Crippen molar-refractivity contribution in [2.45, 2.75) is 44.7 Å². The Balaban J connectivity index is 1.15. The van der Waals surface area contributed by atoms with Crippen molar-refractivity contribution >= 4 is 55.0 Å². The molecule has 0 saturated carbocycles. The summed E-state index contributed by atoms with van der Waals surface area (Å²) in [7, 11) is 0. The number of aromatic nitrogens is 2. The van der Waals surface area contributed by atoms with Crippen LogP contribution in [0, 0.1) is 13.1 Å². The molecule has 4 nitrogen and oxygen atoms in total. The lowest BCUT2D eigenvalue weighted by Gasteiger charge is -2.23. The van der Waals surface area contributed by atoms with E-state index in [0.29, 0.717) is 27.9 Å². The molecule has 0 N–H and O–H groups in total. The molecule has 9 aromatic carbocycles. The standard InChI is InChI=1S/C63H41F3N4/c1-61(2)46-20-11-7-16-39(46)41-29-32-54-57(59(41)61)43-18-9-13-23-50(43)69(54)52-31-26-36(38-28-27-37(63(64,65)66)35-49(38)68-6)34-45(52)56-48(67-5)22-15-25-53(56)70-51-24-14-10-19-44(51)58-55(70)33-30-42-40-17-8-12-21-47(40)62(3,4)60(42)58/h7-35H,1-4H3. The van der Waals surface area contributed by atoms with E-state index in [4.69, 9.17) is 13.1 Å². The highest BCUT2D eigenvalue weighted by molar-refractivity contribution is 6.17. The number of fused-ring (bicyclic) bond motifs is 14. The molecule has 2 aliphatic carbocycles. The van der Waals surface area contributed by atoms with Crippen LogP contribution in [-0.2, 0) is 17.0 Å². The molecule has 7 heteroatoms. The maximum atomic E-state index is 14.1. The van der Waals surface area contributed by atoms with Gasteiger partial charge in [-0.2, -0.15) is 13.2 Å². The molecule has 0 bridgehead atoms. The Kier molecular flexibility index (Phi) is 8.56. The van der Waals surface area contributed by atoms with Crippen molar-refractivity contribution in [3.8, 4) is 55.9 Å². The largest absolute Gasteiger partial charge is 0.415 e. The van der Waals surface area contributed by atoms with Crippen LogP contribution in [-0.4, -0.2) is 9.13 Å². The zero-order valence-electron chi connectivity index (χ0n) is 38.7. The summed E-state index contributed by atoms with van der Waals surface area (Å²) in [6.45, 7) is 26.1. The Morgan fingerprint density at radius 1 is 0.429 bits per heavy atom. The molecule has 0 radical (unpaired) electrons. The van der Waals surface area contributed by atoms with Gasteiger partial charge in [0.2, 0.25) is 0 Å². The van der Waals surface area contributed by atoms with Gasteiger partial charge in [-0.1, -0.05) is 155 Å². The Labute approximate surface area is 402 Å². The van der Waals surface area contributed by atoms with Crippen molar-refractivity contribution < 1.29 is 13.2 Å². The van der Waals surface area contributed by atoms with Crippen LogP contribution in [0.5, 0.6) is 0 Å². The summed E-state index contributed by atoms with van der Waals surface area (Å²) in [4.78, 5) is 7.90. The Morgan fingerprint density at radius 3 is 1.50 bits per heavy atom. The molecule has 0 unspecified atom stereocenters. The molecule has 2 heterocycles. The average Bonchev–Trinajstić information content (AvgIpc) is 4.04. The zero-order valence-corrected chi connectivity index (χ0v) is 38.7. The minimum absolute atomic E-state index is 0.110. The Morgan fingerprint density at radius 2 is 0.943 bits per heavy atom. The fourth-order valence-corrected chi connectivity index (χ4v) is 12.4. The molecule has 0 spiro atoms. The van der Waals surface area contributed by atoms with Gasteiger partial charge in [0, 0.05) is 49.2 Å². The second-order valence-corrected chi connectivity index (χ2v) is 19.7. The molecule has 2 aliphatic rings. The van der Waals surface area contributed by atoms with Gasteiger partial charge in [0.1, 0.15) is 0 Å². The molecule has 70 heavy (non-hydrogen) atoms. The van der Waals surface area contributed by atoms with Gasteiger partial charge in [-0.3, -0.25) is 0 Å². The van der Waals surface area contributed by atoms with E-state index in [9.17, 15) is 13.2 Å². The van der Waals surface area contributed by atoms with E-state index in [0.717, 1.165) is 67.1 Å². The Bertz CT molecular complexity index is 4200. The van der Waals surface area contributed by atoms with E-state index >= 15 is 0 Å². The molecular weight excluding hydrogens is 870 g/mol. The maximum Gasteiger partial charge on any atom is 0.415 e. The second-order valence-electron chi connectivity index (χ2n) is 19.7. The van der Waals surface area contributed by atoms with Gasteiger partial charge in [-0.15, -0.1) is 0 Å². The van der Waals surface area contributed by atoms with E-state index in [1.54, 1.807) is 0 Å². The summed E-state index contributed by atoms with van der Waals surface area (Å²) in [5.41, 5.74) is 16.5. The molecule has 13 rings (SSSR count). The quantitative estimate of drug-likeness (QED) is 0.157. The zero-order chi connectivity index (χ0) is 48.0. The molecule has 0 saturated heterocycles. The number of hydrogen-bond acceptors (Lipinski definition) is 0. The third kappa shape index (κ3) is 5.52. The highest BCUT2D eigenvalue weighted by Crippen LogP contribution is 2.56. The highest BCUT2D eigenvalue weighted by Gasteiger charge is 2.40. The average molecular weight is 911 g/mol. The first kappa shape index (κ1) is 41.5. The lowest BCUT2D eigenvalue weighted by molar-refractivity contribution is -0.137. The summed E-state index contributed by atoms with van der Waals surface area (Å²) >= 11 is 0. The minimum Gasteiger partial charge on any atom is -0.310 e. The molecular formula is C63H41F3N4. The predicted octanol–water partition coefficient (Wildman–Crippen LogP) is 17.9. The summed E-state index contributed by atoms with van der Waals surface area (Å²) in [6, 6.07) is 58.1. The summed E-state index contributed by atoms with van der Waals surface area (Å²) < 4.78 is 47.0. The number of nitrogens with zero attached hydrogens (tertiary/aromatic N) is 4. The van der Waals surface area contributed by atoms with E-state index in [1.165, 1.54) is 50.6 Å². The number of para-hydroxylation sites is 2. The van der Waals surface area contributed by atoms with E-state index in [2.05, 4.69) is 168 Å². The first-order valence-electron chi connectivity index (χ1n) is 23.4. The molecule has 0 aliphatic heterocycles. The van der Waals surface area contributed by atoms with Crippen LogP contribution in [0.25, 0.3) is 109 Å². The van der Waals surface area contributed by atoms with Crippen LogP contribution < -0.4 is 0 Å². The van der Waals surface area contributed by atoms with Gasteiger partial charge in [0.05, 0.1) is 40.9 Å². The van der Waals surface area contributed by atoms with Crippen molar-refractivity contribution in [3.63, 3.8) is 0 Å².